The molecule has 0 aromatic heterocycles. The molecular formula is C18H22BrN3O5S. The summed E-state index contributed by atoms with van der Waals surface area (Å²) >= 11 is 3.35. The molecule has 2 unspecified atom stereocenters. The lowest BCUT2D eigenvalue weighted by Crippen LogP contribution is -2.48. The van der Waals surface area contributed by atoms with E-state index in [9.17, 15) is 22.8 Å². The van der Waals surface area contributed by atoms with Gasteiger partial charge in [0.25, 0.3) is 5.91 Å². The van der Waals surface area contributed by atoms with Crippen molar-refractivity contribution in [3.63, 3.8) is 0 Å². The zero-order valence-electron chi connectivity index (χ0n) is 15.6. The van der Waals surface area contributed by atoms with Gasteiger partial charge in [0.05, 0.1) is 11.5 Å². The normalized spacial score (nSPS) is 26.4. The van der Waals surface area contributed by atoms with Crippen molar-refractivity contribution < 1.29 is 22.8 Å². The van der Waals surface area contributed by atoms with Gasteiger partial charge in [-0.1, -0.05) is 28.1 Å². The summed E-state index contributed by atoms with van der Waals surface area (Å²) in [4.78, 5) is 40.5. The third-order valence-corrected chi connectivity index (χ3v) is 7.52. The highest BCUT2D eigenvalue weighted by Crippen LogP contribution is 2.30. The lowest BCUT2D eigenvalue weighted by Gasteiger charge is -2.28. The van der Waals surface area contributed by atoms with Crippen LogP contribution < -0.4 is 5.32 Å². The van der Waals surface area contributed by atoms with Gasteiger partial charge in [-0.2, -0.15) is 0 Å². The largest absolute Gasteiger partial charge is 0.337 e. The van der Waals surface area contributed by atoms with E-state index in [1.165, 1.54) is 4.90 Å². The minimum atomic E-state index is -3.15. The van der Waals surface area contributed by atoms with Crippen LogP contribution in [0.5, 0.6) is 0 Å². The zero-order chi connectivity index (χ0) is 20.7. The number of halogens is 1. The standard InChI is InChI=1S/C18H22BrN3O5S/c1-3-21(14-7-8-28(26,27)11-14)15(23)10-22-16(24)18(2,20-17(22)25)12-5-4-6-13(19)9-12/h4-6,9,14H,3,7-8,10-11H2,1-2H3,(H,20,25). The van der Waals surface area contributed by atoms with Crippen molar-refractivity contribution in [3.8, 4) is 0 Å². The average molecular weight is 472 g/mol. The van der Waals surface area contributed by atoms with Crippen LogP contribution in [0.3, 0.4) is 0 Å². The Morgan fingerprint density at radius 2 is 2.11 bits per heavy atom. The summed E-state index contributed by atoms with van der Waals surface area (Å²) in [5, 5.41) is 2.67. The van der Waals surface area contributed by atoms with E-state index in [1.54, 1.807) is 32.0 Å². The zero-order valence-corrected chi connectivity index (χ0v) is 18.0. The summed E-state index contributed by atoms with van der Waals surface area (Å²) in [5.74, 6) is -0.987. The minimum Gasteiger partial charge on any atom is -0.337 e. The molecule has 10 heteroatoms. The van der Waals surface area contributed by atoms with Crippen molar-refractivity contribution in [2.24, 2.45) is 0 Å². The number of likely N-dealkylation sites (N-methyl/N-ethyl adjacent to an activating group) is 1. The average Bonchev–Trinajstić information content (AvgIpc) is 3.08. The molecule has 8 nitrogen and oxygen atoms in total. The van der Waals surface area contributed by atoms with Crippen LogP contribution in [0, 0.1) is 0 Å². The van der Waals surface area contributed by atoms with Gasteiger partial charge >= 0.3 is 6.03 Å². The SMILES string of the molecule is CCN(C(=O)CN1C(=O)NC(C)(c2cccc(Br)c2)C1=O)C1CCS(=O)(=O)C1. The maximum Gasteiger partial charge on any atom is 0.325 e. The summed E-state index contributed by atoms with van der Waals surface area (Å²) in [5.41, 5.74) is -0.668. The summed E-state index contributed by atoms with van der Waals surface area (Å²) in [7, 11) is -3.15. The van der Waals surface area contributed by atoms with Crippen molar-refractivity contribution in [1.29, 1.82) is 0 Å². The Morgan fingerprint density at radius 3 is 2.68 bits per heavy atom. The highest BCUT2D eigenvalue weighted by Gasteiger charge is 2.50. The van der Waals surface area contributed by atoms with E-state index in [0.717, 1.165) is 9.37 Å². The molecule has 0 aliphatic carbocycles. The topological polar surface area (TPSA) is 104 Å². The molecule has 1 aromatic rings. The number of hydrogen-bond donors (Lipinski definition) is 1. The molecule has 2 heterocycles. The molecule has 0 saturated carbocycles. The molecule has 2 atom stereocenters. The Kier molecular flexibility index (Phi) is 5.55. The molecule has 0 radical (unpaired) electrons. The van der Waals surface area contributed by atoms with Crippen LogP contribution in [0.2, 0.25) is 0 Å². The Labute approximate surface area is 172 Å². The number of carbonyl (C=O) groups excluding carboxylic acids is 3. The molecule has 2 aliphatic rings. The molecule has 0 spiro atoms. The van der Waals surface area contributed by atoms with Crippen molar-refractivity contribution in [2.75, 3.05) is 24.6 Å². The smallest absolute Gasteiger partial charge is 0.325 e. The van der Waals surface area contributed by atoms with Crippen molar-refractivity contribution in [2.45, 2.75) is 31.8 Å². The summed E-state index contributed by atoms with van der Waals surface area (Å²) in [6.45, 7) is 3.24. The van der Waals surface area contributed by atoms with E-state index in [2.05, 4.69) is 21.2 Å². The van der Waals surface area contributed by atoms with Crippen molar-refractivity contribution >= 4 is 43.6 Å². The molecule has 2 aliphatic heterocycles. The number of imide groups is 1. The highest BCUT2D eigenvalue weighted by molar-refractivity contribution is 9.10. The number of benzene rings is 1. The van der Waals surface area contributed by atoms with Crippen LogP contribution >= 0.6 is 15.9 Å². The summed E-state index contributed by atoms with van der Waals surface area (Å²) < 4.78 is 24.2. The van der Waals surface area contributed by atoms with Gasteiger partial charge in [0.1, 0.15) is 12.1 Å². The fraction of sp³-hybridized carbons (Fsp3) is 0.500. The molecule has 3 rings (SSSR count). The first-order chi connectivity index (χ1) is 13.1. The number of amides is 4. The van der Waals surface area contributed by atoms with E-state index < -0.39 is 45.8 Å². The van der Waals surface area contributed by atoms with E-state index in [-0.39, 0.29) is 11.5 Å². The maximum atomic E-state index is 13.0. The Bertz CT molecular complexity index is 935. The summed E-state index contributed by atoms with van der Waals surface area (Å²) in [6, 6.07) is 5.98. The van der Waals surface area contributed by atoms with Gasteiger partial charge in [-0.15, -0.1) is 0 Å². The molecule has 1 aromatic carbocycles. The molecule has 1 N–H and O–H groups in total. The molecule has 4 amide bonds. The fourth-order valence-electron chi connectivity index (χ4n) is 3.72. The van der Waals surface area contributed by atoms with Gasteiger partial charge in [0.2, 0.25) is 5.91 Å². The number of nitrogens with zero attached hydrogens (tertiary/aromatic N) is 2. The van der Waals surface area contributed by atoms with E-state index >= 15 is 0 Å². The first-order valence-electron chi connectivity index (χ1n) is 8.97. The highest BCUT2D eigenvalue weighted by atomic mass is 79.9. The van der Waals surface area contributed by atoms with Gasteiger partial charge in [0.15, 0.2) is 9.84 Å². The Balaban J connectivity index is 1.77. The maximum absolute atomic E-state index is 13.0. The first-order valence-corrected chi connectivity index (χ1v) is 11.6. The van der Waals surface area contributed by atoms with E-state index in [0.29, 0.717) is 18.5 Å². The Morgan fingerprint density at radius 1 is 1.39 bits per heavy atom. The van der Waals surface area contributed by atoms with Gasteiger partial charge < -0.3 is 10.2 Å². The van der Waals surface area contributed by atoms with Crippen molar-refractivity contribution in [3.05, 3.63) is 34.3 Å². The predicted molar refractivity (Wildman–Crippen MR) is 106 cm³/mol. The van der Waals surface area contributed by atoms with Gasteiger partial charge in [-0.3, -0.25) is 14.5 Å². The Hall–Kier alpha value is -1.94. The third-order valence-electron chi connectivity index (χ3n) is 5.28. The van der Waals surface area contributed by atoms with Gasteiger partial charge in [0, 0.05) is 17.1 Å². The monoisotopic (exact) mass is 471 g/mol. The van der Waals surface area contributed by atoms with Crippen LogP contribution in [0.25, 0.3) is 0 Å². The van der Waals surface area contributed by atoms with Crippen LogP contribution in [0.4, 0.5) is 4.79 Å². The van der Waals surface area contributed by atoms with Gasteiger partial charge in [-0.25, -0.2) is 13.2 Å². The van der Waals surface area contributed by atoms with Crippen LogP contribution in [-0.2, 0) is 25.0 Å². The molecule has 28 heavy (non-hydrogen) atoms. The number of rotatable bonds is 5. The minimum absolute atomic E-state index is 0.0472. The predicted octanol–water partition coefficient (Wildman–Crippen LogP) is 1.25. The third kappa shape index (κ3) is 3.80. The van der Waals surface area contributed by atoms with E-state index in [4.69, 9.17) is 0 Å². The number of carbonyl (C=O) groups is 3. The van der Waals surface area contributed by atoms with Crippen LogP contribution in [0.1, 0.15) is 25.8 Å². The van der Waals surface area contributed by atoms with E-state index in [1.807, 2.05) is 6.07 Å². The first kappa shape index (κ1) is 20.8. The number of nitrogens with one attached hydrogen (secondary N) is 1. The van der Waals surface area contributed by atoms with Crippen LogP contribution in [-0.4, -0.2) is 66.7 Å². The molecule has 152 valence electrons. The van der Waals surface area contributed by atoms with Crippen LogP contribution in [0.15, 0.2) is 28.7 Å². The second kappa shape index (κ2) is 7.47. The molecule has 2 saturated heterocycles. The fourth-order valence-corrected chi connectivity index (χ4v) is 5.85. The lowest BCUT2D eigenvalue weighted by molar-refractivity contribution is -0.139. The summed E-state index contributed by atoms with van der Waals surface area (Å²) in [6.07, 6.45) is 0.373. The van der Waals surface area contributed by atoms with Crippen molar-refractivity contribution in [1.82, 2.24) is 15.1 Å². The molecule has 0 bridgehead atoms. The lowest BCUT2D eigenvalue weighted by atomic mass is 9.92. The number of hydrogen-bond acceptors (Lipinski definition) is 5. The molecular weight excluding hydrogens is 450 g/mol. The second-order valence-corrected chi connectivity index (χ2v) is 10.3. The quantitative estimate of drug-likeness (QED) is 0.650. The number of sulfone groups is 1. The van der Waals surface area contributed by atoms with Gasteiger partial charge in [-0.05, 0) is 38.0 Å². The molecule has 2 fully saturated rings. The number of urea groups is 1. The second-order valence-electron chi connectivity index (χ2n) is 7.19.